The maximum atomic E-state index is 12.1. The van der Waals surface area contributed by atoms with Gasteiger partial charge in [0.1, 0.15) is 23.1 Å². The largest absolute Gasteiger partial charge is 0.486 e. The predicted molar refractivity (Wildman–Crippen MR) is 118 cm³/mol. The molecule has 4 aromatic rings. The van der Waals surface area contributed by atoms with E-state index in [4.69, 9.17) is 9.47 Å². The molecule has 6 heteroatoms. The number of thiazole rings is 1. The Morgan fingerprint density at radius 1 is 0.833 bits per heavy atom. The first-order valence-corrected chi connectivity index (χ1v) is 10.8. The van der Waals surface area contributed by atoms with Crippen LogP contribution in [-0.4, -0.2) is 30.3 Å². The monoisotopic (exact) mass is 417 g/mol. The van der Waals surface area contributed by atoms with Gasteiger partial charge in [0.05, 0.1) is 11.2 Å². The number of para-hydroxylation sites is 3. The Labute approximate surface area is 179 Å². The average Bonchev–Trinajstić information content (AvgIpc) is 3.22. The van der Waals surface area contributed by atoms with Crippen LogP contribution in [0.1, 0.15) is 6.42 Å². The van der Waals surface area contributed by atoms with Gasteiger partial charge in [-0.3, -0.25) is 5.11 Å². The van der Waals surface area contributed by atoms with E-state index in [1.54, 1.807) is 23.5 Å². The van der Waals surface area contributed by atoms with Gasteiger partial charge in [-0.05, 0) is 36.4 Å². The topological polar surface area (TPSA) is 54.5 Å². The summed E-state index contributed by atoms with van der Waals surface area (Å²) in [7, 11) is 0. The van der Waals surface area contributed by atoms with Gasteiger partial charge in [-0.1, -0.05) is 53.8 Å². The zero-order valence-corrected chi connectivity index (χ0v) is 17.1. The van der Waals surface area contributed by atoms with Crippen LogP contribution in [0.3, 0.4) is 0 Å². The highest BCUT2D eigenvalue weighted by molar-refractivity contribution is 7.22. The molecule has 0 N–H and O–H groups in total. The van der Waals surface area contributed by atoms with Gasteiger partial charge in [-0.2, -0.15) is 0 Å². The van der Waals surface area contributed by atoms with Crippen LogP contribution in [0.25, 0.3) is 10.2 Å². The SMILES string of the molecule is [O]c1cccc2sc(N3CCC(Oc4ccccc4)C(Oc4ccccc4)C3)nc12. The standard InChI is InChI=1S/C24H21N2O3S/c27-19-12-7-13-22-23(19)25-24(30-22)26-15-14-20(28-17-8-3-1-4-9-17)21(16-26)29-18-10-5-2-6-11-18/h1-13,20-21H,14-16H2. The Morgan fingerprint density at radius 2 is 1.50 bits per heavy atom. The molecule has 1 aromatic heterocycles. The van der Waals surface area contributed by atoms with E-state index in [-0.39, 0.29) is 18.0 Å². The fraction of sp³-hybridized carbons (Fsp3) is 0.208. The molecule has 2 unspecified atom stereocenters. The van der Waals surface area contributed by atoms with Gasteiger partial charge in [0.2, 0.25) is 5.75 Å². The molecule has 1 aliphatic heterocycles. The first-order chi connectivity index (χ1) is 14.8. The summed E-state index contributed by atoms with van der Waals surface area (Å²) in [4.78, 5) is 6.82. The molecule has 0 saturated carbocycles. The van der Waals surface area contributed by atoms with Crippen molar-refractivity contribution >= 4 is 26.7 Å². The van der Waals surface area contributed by atoms with Gasteiger partial charge in [-0.25, -0.2) is 4.98 Å². The second-order valence-corrected chi connectivity index (χ2v) is 8.28. The van der Waals surface area contributed by atoms with Gasteiger partial charge < -0.3 is 14.4 Å². The molecule has 0 aliphatic carbocycles. The lowest BCUT2D eigenvalue weighted by molar-refractivity contribution is 0.0405. The van der Waals surface area contributed by atoms with Gasteiger partial charge in [-0.15, -0.1) is 0 Å². The summed E-state index contributed by atoms with van der Waals surface area (Å²) >= 11 is 1.55. The molecule has 1 aliphatic rings. The molecule has 5 rings (SSSR count). The van der Waals surface area contributed by atoms with Crippen LogP contribution in [-0.2, 0) is 5.11 Å². The van der Waals surface area contributed by atoms with Crippen molar-refractivity contribution in [2.24, 2.45) is 0 Å². The lowest BCUT2D eigenvalue weighted by Gasteiger charge is -2.38. The van der Waals surface area contributed by atoms with E-state index in [1.807, 2.05) is 66.7 Å². The van der Waals surface area contributed by atoms with E-state index in [9.17, 15) is 5.11 Å². The Hall–Kier alpha value is -3.25. The molecule has 2 atom stereocenters. The summed E-state index contributed by atoms with van der Waals surface area (Å²) in [5.41, 5.74) is 0.542. The minimum absolute atomic E-state index is 0.0330. The van der Waals surface area contributed by atoms with E-state index < -0.39 is 0 Å². The van der Waals surface area contributed by atoms with Gasteiger partial charge in [0.25, 0.3) is 0 Å². The number of anilines is 1. The zero-order chi connectivity index (χ0) is 20.3. The van der Waals surface area contributed by atoms with Crippen LogP contribution in [0.5, 0.6) is 17.2 Å². The maximum Gasteiger partial charge on any atom is 0.205 e. The molecule has 151 valence electrons. The van der Waals surface area contributed by atoms with Crippen molar-refractivity contribution in [1.82, 2.24) is 4.98 Å². The highest BCUT2D eigenvalue weighted by Crippen LogP contribution is 2.35. The Morgan fingerprint density at radius 3 is 2.17 bits per heavy atom. The molecule has 2 heterocycles. The molecular weight excluding hydrogens is 396 g/mol. The second kappa shape index (κ2) is 8.24. The summed E-state index contributed by atoms with van der Waals surface area (Å²) in [5, 5.41) is 13.0. The van der Waals surface area contributed by atoms with Crippen LogP contribution in [0, 0.1) is 0 Å². The molecular formula is C24H21N2O3S. The van der Waals surface area contributed by atoms with Crippen molar-refractivity contribution in [3.63, 3.8) is 0 Å². The maximum absolute atomic E-state index is 12.1. The third-order valence-electron chi connectivity index (χ3n) is 5.20. The molecule has 0 spiro atoms. The first kappa shape index (κ1) is 18.8. The number of hydrogen-bond donors (Lipinski definition) is 0. The van der Waals surface area contributed by atoms with Crippen molar-refractivity contribution in [2.75, 3.05) is 18.0 Å². The number of ether oxygens (including phenoxy) is 2. The lowest BCUT2D eigenvalue weighted by atomic mass is 10.0. The zero-order valence-electron chi connectivity index (χ0n) is 16.3. The highest BCUT2D eigenvalue weighted by atomic mass is 32.1. The smallest absolute Gasteiger partial charge is 0.205 e. The Balaban J connectivity index is 1.40. The summed E-state index contributed by atoms with van der Waals surface area (Å²) in [6.07, 6.45) is 0.556. The third-order valence-corrected chi connectivity index (χ3v) is 6.28. The molecule has 1 fully saturated rings. The van der Waals surface area contributed by atoms with E-state index in [0.29, 0.717) is 12.1 Å². The van der Waals surface area contributed by atoms with Gasteiger partial charge >= 0.3 is 0 Å². The fourth-order valence-corrected chi connectivity index (χ4v) is 4.73. The molecule has 0 amide bonds. The van der Waals surface area contributed by atoms with Crippen LogP contribution in [0.4, 0.5) is 5.13 Å². The minimum atomic E-state index is -0.167. The van der Waals surface area contributed by atoms with E-state index in [0.717, 1.165) is 34.3 Å². The predicted octanol–water partition coefficient (Wildman–Crippen LogP) is 5.55. The second-order valence-electron chi connectivity index (χ2n) is 7.27. The molecule has 0 bridgehead atoms. The molecule has 5 nitrogen and oxygen atoms in total. The lowest BCUT2D eigenvalue weighted by Crippen LogP contribution is -2.52. The van der Waals surface area contributed by atoms with Crippen LogP contribution in [0.15, 0.2) is 78.9 Å². The first-order valence-electron chi connectivity index (χ1n) is 10.0. The van der Waals surface area contributed by atoms with Crippen LogP contribution >= 0.6 is 11.3 Å². The van der Waals surface area contributed by atoms with Crippen LogP contribution in [0.2, 0.25) is 0 Å². The quantitative estimate of drug-likeness (QED) is 0.427. The van der Waals surface area contributed by atoms with Crippen molar-refractivity contribution in [1.29, 1.82) is 0 Å². The molecule has 1 radical (unpaired) electrons. The molecule has 1 saturated heterocycles. The fourth-order valence-electron chi connectivity index (χ4n) is 3.71. The summed E-state index contributed by atoms with van der Waals surface area (Å²) < 4.78 is 13.5. The number of nitrogens with zero attached hydrogens (tertiary/aromatic N) is 2. The molecule has 3 aromatic carbocycles. The van der Waals surface area contributed by atoms with E-state index in [1.165, 1.54) is 0 Å². The van der Waals surface area contributed by atoms with Crippen LogP contribution < -0.4 is 14.4 Å². The van der Waals surface area contributed by atoms with E-state index in [2.05, 4.69) is 9.88 Å². The van der Waals surface area contributed by atoms with Gasteiger partial charge in [0, 0.05) is 13.0 Å². The normalized spacial score (nSPS) is 19.0. The summed E-state index contributed by atoms with van der Waals surface area (Å²) in [6.45, 7) is 1.43. The Bertz CT molecular complexity index is 1120. The van der Waals surface area contributed by atoms with Crippen molar-refractivity contribution in [2.45, 2.75) is 18.6 Å². The Kier molecular flexibility index (Phi) is 5.15. The number of aromatic nitrogens is 1. The van der Waals surface area contributed by atoms with Crippen molar-refractivity contribution in [3.8, 4) is 17.2 Å². The number of fused-ring (bicyclic) bond motifs is 1. The van der Waals surface area contributed by atoms with Gasteiger partial charge in [0.15, 0.2) is 11.2 Å². The number of rotatable bonds is 5. The van der Waals surface area contributed by atoms with E-state index >= 15 is 0 Å². The van der Waals surface area contributed by atoms with Crippen molar-refractivity contribution < 1.29 is 14.6 Å². The average molecular weight is 418 g/mol. The highest BCUT2D eigenvalue weighted by Gasteiger charge is 2.34. The number of hydrogen-bond acceptors (Lipinski definition) is 5. The van der Waals surface area contributed by atoms with Crippen molar-refractivity contribution in [3.05, 3.63) is 78.9 Å². The number of benzene rings is 3. The summed E-state index contributed by atoms with van der Waals surface area (Å²) in [6, 6.07) is 25.0. The molecule has 30 heavy (non-hydrogen) atoms. The third kappa shape index (κ3) is 3.91. The number of piperidine rings is 1. The summed E-state index contributed by atoms with van der Waals surface area (Å²) in [5.74, 6) is 1.63. The minimum Gasteiger partial charge on any atom is -0.486 e.